The van der Waals surface area contributed by atoms with Gasteiger partial charge in [-0.05, 0) is 31.5 Å². The zero-order valence-electron chi connectivity index (χ0n) is 11.6. The van der Waals surface area contributed by atoms with Crippen molar-refractivity contribution in [2.24, 2.45) is 0 Å². The summed E-state index contributed by atoms with van der Waals surface area (Å²) < 4.78 is 61.2. The maximum absolute atomic E-state index is 12.8. The summed E-state index contributed by atoms with van der Waals surface area (Å²) in [6.45, 7) is 4.55. The summed E-state index contributed by atoms with van der Waals surface area (Å²) in [7, 11) is -3.17. The van der Waals surface area contributed by atoms with Crippen molar-refractivity contribution in [2.75, 3.05) is 16.8 Å². The first-order valence-corrected chi connectivity index (χ1v) is 8.02. The highest BCUT2D eigenvalue weighted by atomic mass is 32.2. The average Bonchev–Trinajstić information content (AvgIpc) is 2.29. The first kappa shape index (κ1) is 16.8. The topological polar surface area (TPSA) is 46.2 Å². The van der Waals surface area contributed by atoms with Gasteiger partial charge in [-0.3, -0.25) is 0 Å². The molecule has 0 saturated heterocycles. The summed E-state index contributed by atoms with van der Waals surface area (Å²) in [5.74, 6) is -0.0978. The Bertz CT molecular complexity index is 567. The molecule has 0 aliphatic rings. The lowest BCUT2D eigenvalue weighted by molar-refractivity contribution is -0.138. The number of anilines is 1. The summed E-state index contributed by atoms with van der Waals surface area (Å²) in [6.07, 6.45) is -4.42. The number of sulfone groups is 1. The van der Waals surface area contributed by atoms with Crippen LogP contribution in [0.2, 0.25) is 0 Å². The van der Waals surface area contributed by atoms with Gasteiger partial charge in [-0.25, -0.2) is 8.42 Å². The van der Waals surface area contributed by atoms with E-state index in [0.29, 0.717) is 0 Å². The molecule has 0 heterocycles. The van der Waals surface area contributed by atoms with E-state index in [-0.39, 0.29) is 22.8 Å². The highest BCUT2D eigenvalue weighted by Crippen LogP contribution is 2.33. The number of nitrogens with one attached hydrogen (secondary N) is 1. The fourth-order valence-corrected chi connectivity index (χ4v) is 2.92. The molecular weight excluding hydrogens is 291 g/mol. The number of alkyl halides is 3. The van der Waals surface area contributed by atoms with Crippen LogP contribution in [0, 0.1) is 6.92 Å². The molecule has 1 aromatic carbocycles. The molecule has 1 unspecified atom stereocenters. The first-order chi connectivity index (χ1) is 9.05. The molecule has 114 valence electrons. The largest absolute Gasteiger partial charge is 0.416 e. The second kappa shape index (κ2) is 6.03. The van der Waals surface area contributed by atoms with Gasteiger partial charge in [-0.15, -0.1) is 0 Å². The number of hydrogen-bond donors (Lipinski definition) is 1. The van der Waals surface area contributed by atoms with Crippen LogP contribution in [0.5, 0.6) is 0 Å². The van der Waals surface area contributed by atoms with E-state index >= 15 is 0 Å². The maximum Gasteiger partial charge on any atom is 0.416 e. The minimum atomic E-state index is -4.42. The lowest BCUT2D eigenvalue weighted by Gasteiger charge is -2.17. The molecule has 3 nitrogen and oxygen atoms in total. The van der Waals surface area contributed by atoms with Gasteiger partial charge in [0.25, 0.3) is 0 Å². The molecule has 1 atom stereocenters. The van der Waals surface area contributed by atoms with Crippen molar-refractivity contribution in [1.82, 2.24) is 0 Å². The average molecular weight is 309 g/mol. The Morgan fingerprint density at radius 1 is 1.30 bits per heavy atom. The van der Waals surface area contributed by atoms with Crippen molar-refractivity contribution >= 4 is 15.5 Å². The van der Waals surface area contributed by atoms with E-state index in [1.807, 2.05) is 0 Å². The number of hydrogen-bond acceptors (Lipinski definition) is 3. The van der Waals surface area contributed by atoms with E-state index < -0.39 is 27.6 Å². The molecule has 20 heavy (non-hydrogen) atoms. The fraction of sp³-hybridized carbons (Fsp3) is 0.538. The molecular formula is C13H18F3NO2S. The predicted molar refractivity (Wildman–Crippen MR) is 73.6 cm³/mol. The third-order valence-electron chi connectivity index (χ3n) is 2.90. The van der Waals surface area contributed by atoms with Gasteiger partial charge in [0.05, 0.1) is 11.3 Å². The van der Waals surface area contributed by atoms with E-state index in [1.54, 1.807) is 6.92 Å². The van der Waals surface area contributed by atoms with Gasteiger partial charge < -0.3 is 5.32 Å². The molecule has 0 aromatic heterocycles. The van der Waals surface area contributed by atoms with Crippen LogP contribution in [0.25, 0.3) is 0 Å². The smallest absolute Gasteiger partial charge is 0.382 e. The highest BCUT2D eigenvalue weighted by molar-refractivity contribution is 7.91. The number of aryl methyl sites for hydroxylation is 1. The quantitative estimate of drug-likeness (QED) is 0.908. The van der Waals surface area contributed by atoms with Crippen LogP contribution in [0.4, 0.5) is 18.9 Å². The third-order valence-corrected chi connectivity index (χ3v) is 4.79. The fourth-order valence-electron chi connectivity index (χ4n) is 1.84. The molecule has 1 N–H and O–H groups in total. The molecule has 0 aliphatic carbocycles. The molecule has 0 radical (unpaired) electrons. The van der Waals surface area contributed by atoms with Crippen molar-refractivity contribution in [3.05, 3.63) is 29.3 Å². The lowest BCUT2D eigenvalue weighted by atomic mass is 10.1. The maximum atomic E-state index is 12.8. The van der Waals surface area contributed by atoms with E-state index in [9.17, 15) is 21.6 Å². The van der Waals surface area contributed by atoms with Crippen LogP contribution in [0.15, 0.2) is 18.2 Å². The predicted octanol–water partition coefficient (Wildman–Crippen LogP) is 3.25. The Hall–Kier alpha value is -1.24. The van der Waals surface area contributed by atoms with Crippen LogP contribution >= 0.6 is 0 Å². The van der Waals surface area contributed by atoms with Crippen molar-refractivity contribution in [3.8, 4) is 0 Å². The second-order valence-electron chi connectivity index (χ2n) is 4.77. The van der Waals surface area contributed by atoms with E-state index in [1.165, 1.54) is 26.0 Å². The minimum absolute atomic E-state index is 0.0146. The van der Waals surface area contributed by atoms with E-state index in [0.717, 1.165) is 6.07 Å². The molecule has 1 aromatic rings. The number of rotatable bonds is 5. The zero-order valence-corrected chi connectivity index (χ0v) is 12.4. The SMILES string of the molecule is CCS(=O)(=O)CC(C)Nc1ccc(C)c(C(F)(F)F)c1. The molecule has 0 bridgehead atoms. The minimum Gasteiger partial charge on any atom is -0.382 e. The summed E-state index contributed by atoms with van der Waals surface area (Å²) in [6, 6.07) is 3.43. The normalized spacial score (nSPS) is 14.1. The molecule has 0 amide bonds. The molecule has 0 saturated carbocycles. The second-order valence-corrected chi connectivity index (χ2v) is 7.17. The monoisotopic (exact) mass is 309 g/mol. The van der Waals surface area contributed by atoms with E-state index in [4.69, 9.17) is 0 Å². The van der Waals surface area contributed by atoms with Crippen LogP contribution in [0.1, 0.15) is 25.0 Å². The van der Waals surface area contributed by atoms with Gasteiger partial charge in [0.1, 0.15) is 0 Å². The number of halogens is 3. The summed E-state index contributed by atoms with van der Waals surface area (Å²) >= 11 is 0. The molecule has 0 aliphatic heterocycles. The van der Waals surface area contributed by atoms with Gasteiger partial charge in [0.15, 0.2) is 9.84 Å². The summed E-state index contributed by atoms with van der Waals surface area (Å²) in [5.41, 5.74) is -0.313. The molecule has 0 spiro atoms. The van der Waals surface area contributed by atoms with Gasteiger partial charge in [-0.1, -0.05) is 13.0 Å². The van der Waals surface area contributed by atoms with Crippen LogP contribution in [-0.2, 0) is 16.0 Å². The van der Waals surface area contributed by atoms with Gasteiger partial charge >= 0.3 is 6.18 Å². The lowest BCUT2D eigenvalue weighted by Crippen LogP contribution is -2.26. The summed E-state index contributed by atoms with van der Waals surface area (Å²) in [5, 5.41) is 2.79. The highest BCUT2D eigenvalue weighted by Gasteiger charge is 2.32. The number of benzene rings is 1. The van der Waals surface area contributed by atoms with Crippen LogP contribution in [-0.4, -0.2) is 26.0 Å². The Labute approximate surface area is 117 Å². The van der Waals surface area contributed by atoms with Crippen molar-refractivity contribution in [1.29, 1.82) is 0 Å². The van der Waals surface area contributed by atoms with Crippen LogP contribution < -0.4 is 5.32 Å². The Balaban J connectivity index is 2.89. The van der Waals surface area contributed by atoms with Gasteiger partial charge in [0.2, 0.25) is 0 Å². The molecule has 0 fully saturated rings. The third kappa shape index (κ3) is 4.70. The Kier molecular flexibility index (Phi) is 5.07. The first-order valence-electron chi connectivity index (χ1n) is 6.20. The van der Waals surface area contributed by atoms with Crippen molar-refractivity contribution in [3.63, 3.8) is 0 Å². The van der Waals surface area contributed by atoms with Gasteiger partial charge in [0, 0.05) is 17.5 Å². The zero-order chi connectivity index (χ0) is 15.6. The van der Waals surface area contributed by atoms with E-state index in [2.05, 4.69) is 5.32 Å². The van der Waals surface area contributed by atoms with Gasteiger partial charge in [-0.2, -0.15) is 13.2 Å². The van der Waals surface area contributed by atoms with Crippen LogP contribution in [0.3, 0.4) is 0 Å². The Morgan fingerprint density at radius 3 is 2.40 bits per heavy atom. The van der Waals surface area contributed by atoms with Crippen molar-refractivity contribution in [2.45, 2.75) is 33.0 Å². The summed E-state index contributed by atoms with van der Waals surface area (Å²) in [4.78, 5) is 0. The Morgan fingerprint density at radius 2 is 1.90 bits per heavy atom. The van der Waals surface area contributed by atoms with Crippen molar-refractivity contribution < 1.29 is 21.6 Å². The molecule has 1 rings (SSSR count). The molecule has 7 heteroatoms. The standard InChI is InChI=1S/C13H18F3NO2S/c1-4-20(18,19)8-10(3)17-11-6-5-9(2)12(7-11)13(14,15)16/h5-7,10,17H,4,8H2,1-3H3.